The van der Waals surface area contributed by atoms with Crippen LogP contribution in [0.2, 0.25) is 0 Å². The van der Waals surface area contributed by atoms with Crippen molar-refractivity contribution >= 4 is 17.3 Å². The molecule has 1 aliphatic rings. The molecule has 1 rings (SSSR count). The number of rotatable bonds is 5. The van der Waals surface area contributed by atoms with Crippen LogP contribution in [0.1, 0.15) is 32.1 Å². The normalized spacial score (nSPS) is 16.5. The van der Waals surface area contributed by atoms with Crippen molar-refractivity contribution in [2.45, 2.75) is 38.1 Å². The van der Waals surface area contributed by atoms with Crippen molar-refractivity contribution in [1.82, 2.24) is 10.2 Å². The Balaban J connectivity index is 2.39. The fraction of sp³-hybridized carbons (Fsp3) is 0.615. The molecule has 0 amide bonds. The first-order valence-corrected chi connectivity index (χ1v) is 6.46. The molecule has 0 aromatic rings. The number of hydrogen-bond donors (Lipinski definition) is 1. The van der Waals surface area contributed by atoms with Crippen LogP contribution >= 0.6 is 12.2 Å². The first-order chi connectivity index (χ1) is 7.77. The molecule has 1 aliphatic carbocycles. The van der Waals surface area contributed by atoms with E-state index in [1.807, 2.05) is 12.2 Å². The van der Waals surface area contributed by atoms with Crippen molar-refractivity contribution in [3.05, 3.63) is 25.3 Å². The molecule has 0 bridgehead atoms. The summed E-state index contributed by atoms with van der Waals surface area (Å²) in [5, 5.41) is 4.29. The maximum Gasteiger partial charge on any atom is 0.169 e. The highest BCUT2D eigenvalue weighted by atomic mass is 32.1. The second-order valence-electron chi connectivity index (χ2n) is 4.27. The zero-order valence-electron chi connectivity index (χ0n) is 9.95. The second-order valence-corrected chi connectivity index (χ2v) is 4.65. The highest BCUT2D eigenvalue weighted by molar-refractivity contribution is 7.80. The molecular weight excluding hydrogens is 216 g/mol. The minimum absolute atomic E-state index is 0.568. The maximum absolute atomic E-state index is 5.41. The van der Waals surface area contributed by atoms with Gasteiger partial charge >= 0.3 is 0 Å². The van der Waals surface area contributed by atoms with Gasteiger partial charge in [0.15, 0.2) is 5.11 Å². The van der Waals surface area contributed by atoms with Gasteiger partial charge in [0, 0.05) is 19.1 Å². The van der Waals surface area contributed by atoms with Crippen molar-refractivity contribution in [1.29, 1.82) is 0 Å². The van der Waals surface area contributed by atoms with Gasteiger partial charge in [-0.1, -0.05) is 31.4 Å². The Labute approximate surface area is 104 Å². The van der Waals surface area contributed by atoms with Gasteiger partial charge in [-0.15, -0.1) is 13.2 Å². The summed E-state index contributed by atoms with van der Waals surface area (Å²) in [5.41, 5.74) is 0. The fourth-order valence-electron chi connectivity index (χ4n) is 2.06. The van der Waals surface area contributed by atoms with E-state index in [0.29, 0.717) is 6.04 Å². The topological polar surface area (TPSA) is 15.3 Å². The Kier molecular flexibility index (Phi) is 6.16. The van der Waals surface area contributed by atoms with Gasteiger partial charge in [0.05, 0.1) is 0 Å². The van der Waals surface area contributed by atoms with Crippen molar-refractivity contribution in [3.63, 3.8) is 0 Å². The summed E-state index contributed by atoms with van der Waals surface area (Å²) in [6.45, 7) is 9.06. The summed E-state index contributed by atoms with van der Waals surface area (Å²) in [5.74, 6) is 0. The summed E-state index contributed by atoms with van der Waals surface area (Å²) in [7, 11) is 0. The molecule has 16 heavy (non-hydrogen) atoms. The summed E-state index contributed by atoms with van der Waals surface area (Å²) in [6.07, 6.45) is 10.3. The second kappa shape index (κ2) is 7.44. The largest absolute Gasteiger partial charge is 0.360 e. The van der Waals surface area contributed by atoms with Crippen LogP contribution in [0.15, 0.2) is 25.3 Å². The monoisotopic (exact) mass is 238 g/mol. The predicted molar refractivity (Wildman–Crippen MR) is 74.6 cm³/mol. The van der Waals surface area contributed by atoms with Crippen molar-refractivity contribution in [2.75, 3.05) is 13.1 Å². The molecule has 0 radical (unpaired) electrons. The van der Waals surface area contributed by atoms with Gasteiger partial charge in [0.1, 0.15) is 0 Å². The molecule has 3 heteroatoms. The zero-order chi connectivity index (χ0) is 11.8. The summed E-state index contributed by atoms with van der Waals surface area (Å²) in [4.78, 5) is 2.09. The molecule has 1 fully saturated rings. The van der Waals surface area contributed by atoms with E-state index in [0.717, 1.165) is 18.2 Å². The summed E-state index contributed by atoms with van der Waals surface area (Å²) < 4.78 is 0. The number of hydrogen-bond acceptors (Lipinski definition) is 1. The smallest absolute Gasteiger partial charge is 0.169 e. The van der Waals surface area contributed by atoms with Crippen LogP contribution in [0, 0.1) is 0 Å². The molecular formula is C13H22N2S. The molecule has 0 aliphatic heterocycles. The standard InChI is InChI=1S/C13H22N2S/c1-3-10-15(11-4-2)13(16)14-12-8-6-5-7-9-12/h3-4,12H,1-2,5-11H2,(H,14,16). The average molecular weight is 238 g/mol. The minimum Gasteiger partial charge on any atom is -0.360 e. The van der Waals surface area contributed by atoms with E-state index in [-0.39, 0.29) is 0 Å². The molecule has 0 aromatic heterocycles. The van der Waals surface area contributed by atoms with Crippen LogP contribution in [0.25, 0.3) is 0 Å². The lowest BCUT2D eigenvalue weighted by atomic mass is 9.96. The molecule has 0 saturated heterocycles. The first kappa shape index (κ1) is 13.2. The Morgan fingerprint density at radius 2 is 1.75 bits per heavy atom. The molecule has 0 aromatic carbocycles. The van der Waals surface area contributed by atoms with E-state index < -0.39 is 0 Å². The molecule has 90 valence electrons. The average Bonchev–Trinajstić information content (AvgIpc) is 2.30. The quantitative estimate of drug-likeness (QED) is 0.586. The Morgan fingerprint density at radius 1 is 1.19 bits per heavy atom. The lowest BCUT2D eigenvalue weighted by Crippen LogP contribution is -2.45. The van der Waals surface area contributed by atoms with E-state index in [2.05, 4.69) is 23.4 Å². The van der Waals surface area contributed by atoms with Gasteiger partial charge in [0.25, 0.3) is 0 Å². The van der Waals surface area contributed by atoms with Crippen LogP contribution in [0.3, 0.4) is 0 Å². The third-order valence-electron chi connectivity index (χ3n) is 2.92. The molecule has 1 N–H and O–H groups in total. The minimum atomic E-state index is 0.568. The number of thiocarbonyl (C=S) groups is 1. The van der Waals surface area contributed by atoms with E-state index in [1.54, 1.807) is 0 Å². The van der Waals surface area contributed by atoms with Crippen molar-refractivity contribution in [3.8, 4) is 0 Å². The van der Waals surface area contributed by atoms with Gasteiger partial charge in [0.2, 0.25) is 0 Å². The number of nitrogens with one attached hydrogen (secondary N) is 1. The van der Waals surface area contributed by atoms with E-state index in [9.17, 15) is 0 Å². The molecule has 0 heterocycles. The van der Waals surface area contributed by atoms with Gasteiger partial charge in [-0.3, -0.25) is 0 Å². The van der Waals surface area contributed by atoms with Crippen molar-refractivity contribution in [2.24, 2.45) is 0 Å². The van der Waals surface area contributed by atoms with Crippen LogP contribution in [0.4, 0.5) is 0 Å². The molecule has 2 nitrogen and oxygen atoms in total. The molecule has 1 saturated carbocycles. The predicted octanol–water partition coefficient (Wildman–Crippen LogP) is 2.87. The third kappa shape index (κ3) is 4.35. The lowest BCUT2D eigenvalue weighted by molar-refractivity contribution is 0.394. The van der Waals surface area contributed by atoms with Crippen LogP contribution in [0.5, 0.6) is 0 Å². The van der Waals surface area contributed by atoms with Gasteiger partial charge in [-0.25, -0.2) is 0 Å². The van der Waals surface area contributed by atoms with E-state index in [1.165, 1.54) is 32.1 Å². The zero-order valence-corrected chi connectivity index (χ0v) is 10.8. The first-order valence-electron chi connectivity index (χ1n) is 6.05. The van der Waals surface area contributed by atoms with Crippen LogP contribution in [-0.4, -0.2) is 29.1 Å². The van der Waals surface area contributed by atoms with Gasteiger partial charge < -0.3 is 10.2 Å². The Morgan fingerprint density at radius 3 is 2.25 bits per heavy atom. The Bertz CT molecular complexity index is 234. The van der Waals surface area contributed by atoms with Crippen LogP contribution in [-0.2, 0) is 0 Å². The summed E-state index contributed by atoms with van der Waals surface area (Å²) in [6, 6.07) is 0.568. The lowest BCUT2D eigenvalue weighted by Gasteiger charge is -2.29. The molecule has 0 atom stereocenters. The molecule has 0 spiro atoms. The highest BCUT2D eigenvalue weighted by Crippen LogP contribution is 2.17. The fourth-order valence-corrected chi connectivity index (χ4v) is 2.38. The Hall–Kier alpha value is -0.830. The van der Waals surface area contributed by atoms with Crippen molar-refractivity contribution < 1.29 is 0 Å². The SMILES string of the molecule is C=CCN(CC=C)C(=S)NC1CCCCC1. The van der Waals surface area contributed by atoms with Gasteiger partial charge in [-0.2, -0.15) is 0 Å². The van der Waals surface area contributed by atoms with E-state index >= 15 is 0 Å². The highest BCUT2D eigenvalue weighted by Gasteiger charge is 2.15. The summed E-state index contributed by atoms with van der Waals surface area (Å²) >= 11 is 5.41. The number of nitrogens with zero attached hydrogens (tertiary/aromatic N) is 1. The van der Waals surface area contributed by atoms with Crippen LogP contribution < -0.4 is 5.32 Å². The third-order valence-corrected chi connectivity index (χ3v) is 3.30. The maximum atomic E-state index is 5.41. The molecule has 0 unspecified atom stereocenters. The van der Waals surface area contributed by atoms with Gasteiger partial charge in [-0.05, 0) is 25.1 Å². The van der Waals surface area contributed by atoms with E-state index in [4.69, 9.17) is 12.2 Å².